The van der Waals surface area contributed by atoms with E-state index in [9.17, 15) is 0 Å². The summed E-state index contributed by atoms with van der Waals surface area (Å²) in [4.78, 5) is 0. The van der Waals surface area contributed by atoms with Crippen LogP contribution in [0.2, 0.25) is 0 Å². The quantitative estimate of drug-likeness (QED) is 0.920. The molecule has 1 fully saturated rings. The van der Waals surface area contributed by atoms with Crippen LogP contribution in [0.4, 0.5) is 0 Å². The van der Waals surface area contributed by atoms with Gasteiger partial charge in [0.15, 0.2) is 0 Å². The molecule has 0 saturated carbocycles. The molecule has 1 aromatic rings. The van der Waals surface area contributed by atoms with Crippen molar-refractivity contribution in [2.75, 3.05) is 27.3 Å². The molecule has 1 heterocycles. The average molecular weight is 328 g/mol. The Bertz CT molecular complexity index is 442. The van der Waals surface area contributed by atoms with Crippen molar-refractivity contribution in [3.8, 4) is 11.5 Å². The Morgan fingerprint density at radius 3 is 2.63 bits per heavy atom. The van der Waals surface area contributed by atoms with Gasteiger partial charge >= 0.3 is 0 Å². The van der Waals surface area contributed by atoms with Crippen LogP contribution < -0.4 is 14.8 Å². The fourth-order valence-electron chi connectivity index (χ4n) is 2.90. The zero-order valence-corrected chi connectivity index (χ0v) is 13.5. The van der Waals surface area contributed by atoms with Gasteiger partial charge in [-0.3, -0.25) is 0 Å². The molecule has 2 rings (SSSR count). The predicted molar refractivity (Wildman–Crippen MR) is 81.3 cm³/mol. The number of benzene rings is 1. The molecule has 1 unspecified atom stereocenters. The maximum atomic E-state index is 5.59. The third kappa shape index (κ3) is 3.23. The van der Waals surface area contributed by atoms with Crippen LogP contribution in [0.5, 0.6) is 11.5 Å². The number of hydrogen-bond acceptors (Lipinski definition) is 3. The van der Waals surface area contributed by atoms with E-state index in [-0.39, 0.29) is 0 Å². The maximum Gasteiger partial charge on any atom is 0.139 e. The van der Waals surface area contributed by atoms with E-state index in [2.05, 4.69) is 27.3 Å². The zero-order valence-electron chi connectivity index (χ0n) is 11.9. The lowest BCUT2D eigenvalue weighted by Crippen LogP contribution is -2.30. The molecule has 1 atom stereocenters. The molecule has 0 spiro atoms. The third-order valence-electron chi connectivity index (χ3n) is 3.81. The van der Waals surface area contributed by atoms with Crippen molar-refractivity contribution < 1.29 is 9.47 Å². The second kappa shape index (κ2) is 6.62. The Morgan fingerprint density at radius 1 is 1.32 bits per heavy atom. The number of nitrogens with one attached hydrogen (secondary N) is 1. The minimum absolute atomic E-state index is 0.697. The highest BCUT2D eigenvalue weighted by atomic mass is 79.9. The van der Waals surface area contributed by atoms with Crippen LogP contribution in [0, 0.1) is 12.8 Å². The van der Waals surface area contributed by atoms with Gasteiger partial charge in [-0.1, -0.05) is 0 Å². The molecule has 1 aromatic carbocycles. The van der Waals surface area contributed by atoms with Gasteiger partial charge in [0.25, 0.3) is 0 Å². The summed E-state index contributed by atoms with van der Waals surface area (Å²) < 4.78 is 12.0. The van der Waals surface area contributed by atoms with Crippen LogP contribution in [-0.2, 0) is 6.42 Å². The Hall–Kier alpha value is -0.740. The lowest BCUT2D eigenvalue weighted by molar-refractivity contribution is 0.358. The molecule has 0 aliphatic carbocycles. The summed E-state index contributed by atoms with van der Waals surface area (Å²) in [7, 11) is 3.43. The largest absolute Gasteiger partial charge is 0.496 e. The fraction of sp³-hybridized carbons (Fsp3) is 0.600. The van der Waals surface area contributed by atoms with E-state index < -0.39 is 0 Å². The number of ether oxygens (including phenoxy) is 2. The van der Waals surface area contributed by atoms with Crippen molar-refractivity contribution in [1.29, 1.82) is 0 Å². The third-order valence-corrected chi connectivity index (χ3v) is 4.40. The van der Waals surface area contributed by atoms with E-state index >= 15 is 0 Å². The summed E-state index contributed by atoms with van der Waals surface area (Å²) in [6.07, 6.45) is 3.61. The van der Waals surface area contributed by atoms with Crippen LogP contribution in [0.3, 0.4) is 0 Å². The smallest absolute Gasteiger partial charge is 0.139 e. The first-order chi connectivity index (χ1) is 9.17. The van der Waals surface area contributed by atoms with Gasteiger partial charge in [-0.15, -0.1) is 0 Å². The molecule has 1 N–H and O–H groups in total. The number of halogens is 1. The van der Waals surface area contributed by atoms with Gasteiger partial charge in [0.1, 0.15) is 11.5 Å². The Balaban J connectivity index is 2.28. The van der Waals surface area contributed by atoms with E-state index in [0.717, 1.165) is 41.0 Å². The van der Waals surface area contributed by atoms with Crippen LogP contribution in [0.15, 0.2) is 10.5 Å². The van der Waals surface area contributed by atoms with E-state index in [1.54, 1.807) is 14.2 Å². The highest BCUT2D eigenvalue weighted by molar-refractivity contribution is 9.10. The van der Waals surface area contributed by atoms with Crippen LogP contribution >= 0.6 is 15.9 Å². The highest BCUT2D eigenvalue weighted by Gasteiger charge is 2.20. The number of piperidine rings is 1. The lowest BCUT2D eigenvalue weighted by Gasteiger charge is -2.24. The van der Waals surface area contributed by atoms with Gasteiger partial charge in [-0.05, 0) is 72.8 Å². The summed E-state index contributed by atoms with van der Waals surface area (Å²) in [6, 6.07) is 2.14. The molecule has 1 saturated heterocycles. The normalized spacial score (nSPS) is 19.3. The van der Waals surface area contributed by atoms with Crippen LogP contribution in [0.1, 0.15) is 24.0 Å². The van der Waals surface area contributed by atoms with E-state index in [0.29, 0.717) is 5.92 Å². The number of hydrogen-bond donors (Lipinski definition) is 1. The van der Waals surface area contributed by atoms with Crippen molar-refractivity contribution in [3.05, 3.63) is 21.7 Å². The van der Waals surface area contributed by atoms with Gasteiger partial charge in [0.05, 0.1) is 18.7 Å². The molecule has 1 aliphatic rings. The summed E-state index contributed by atoms with van der Waals surface area (Å²) in [5.74, 6) is 2.52. The van der Waals surface area contributed by atoms with Crippen molar-refractivity contribution in [2.45, 2.75) is 26.2 Å². The molecule has 3 nitrogen and oxygen atoms in total. The molecule has 106 valence electrons. The lowest BCUT2D eigenvalue weighted by atomic mass is 9.91. The molecule has 0 amide bonds. The van der Waals surface area contributed by atoms with E-state index in [4.69, 9.17) is 9.47 Å². The number of rotatable bonds is 4. The van der Waals surface area contributed by atoms with E-state index in [1.165, 1.54) is 18.4 Å². The van der Waals surface area contributed by atoms with Gasteiger partial charge in [0.2, 0.25) is 0 Å². The molecule has 4 heteroatoms. The zero-order chi connectivity index (χ0) is 13.8. The first-order valence-corrected chi connectivity index (χ1v) is 7.57. The molecular formula is C15H22BrNO2. The molecule has 0 radical (unpaired) electrons. The van der Waals surface area contributed by atoms with Gasteiger partial charge < -0.3 is 14.8 Å². The average Bonchev–Trinajstić information content (AvgIpc) is 2.40. The summed E-state index contributed by atoms with van der Waals surface area (Å²) >= 11 is 3.59. The first-order valence-electron chi connectivity index (χ1n) is 6.78. The second-order valence-corrected chi connectivity index (χ2v) is 5.98. The fourth-order valence-corrected chi connectivity index (χ4v) is 3.64. The SMILES string of the molecule is COc1c(Br)cc(CC2CCCNC2)c(OC)c1C. The van der Waals surface area contributed by atoms with E-state index in [1.807, 2.05) is 6.92 Å². The van der Waals surface area contributed by atoms with Crippen molar-refractivity contribution in [3.63, 3.8) is 0 Å². The minimum atomic E-state index is 0.697. The maximum absolute atomic E-state index is 5.59. The molecular weight excluding hydrogens is 306 g/mol. The van der Waals surface area contributed by atoms with Crippen molar-refractivity contribution in [2.24, 2.45) is 5.92 Å². The Labute approximate surface area is 123 Å². The van der Waals surface area contributed by atoms with Gasteiger partial charge in [0, 0.05) is 5.56 Å². The Morgan fingerprint density at radius 2 is 2.05 bits per heavy atom. The summed E-state index contributed by atoms with van der Waals surface area (Å²) in [6.45, 7) is 4.30. The van der Waals surface area contributed by atoms with Crippen LogP contribution in [-0.4, -0.2) is 27.3 Å². The highest BCUT2D eigenvalue weighted by Crippen LogP contribution is 2.39. The standard InChI is InChI=1S/C15H22BrNO2/c1-10-14(18-2)12(8-13(16)15(10)19-3)7-11-5-4-6-17-9-11/h8,11,17H,4-7,9H2,1-3H3. The topological polar surface area (TPSA) is 30.5 Å². The van der Waals surface area contributed by atoms with Gasteiger partial charge in [-0.25, -0.2) is 0 Å². The van der Waals surface area contributed by atoms with Crippen LogP contribution in [0.25, 0.3) is 0 Å². The first kappa shape index (κ1) is 14.7. The predicted octanol–water partition coefficient (Wildman–Crippen LogP) is 3.32. The summed E-state index contributed by atoms with van der Waals surface area (Å²) in [5.41, 5.74) is 2.33. The van der Waals surface area contributed by atoms with Crippen molar-refractivity contribution >= 4 is 15.9 Å². The van der Waals surface area contributed by atoms with Crippen molar-refractivity contribution in [1.82, 2.24) is 5.32 Å². The molecule has 0 aromatic heterocycles. The molecule has 19 heavy (non-hydrogen) atoms. The molecule has 0 bridgehead atoms. The monoisotopic (exact) mass is 327 g/mol. The second-order valence-electron chi connectivity index (χ2n) is 5.13. The minimum Gasteiger partial charge on any atom is -0.496 e. The summed E-state index contributed by atoms with van der Waals surface area (Å²) in [5, 5.41) is 3.47. The van der Waals surface area contributed by atoms with Gasteiger partial charge in [-0.2, -0.15) is 0 Å². The molecule has 1 aliphatic heterocycles. The Kier molecular flexibility index (Phi) is 5.11. The number of methoxy groups -OCH3 is 2.